The molecule has 5 heteroatoms. The first-order chi connectivity index (χ1) is 9.26. The minimum atomic E-state index is 0.103. The van der Waals surface area contributed by atoms with Crippen LogP contribution >= 0.6 is 0 Å². The summed E-state index contributed by atoms with van der Waals surface area (Å²) in [5.74, 6) is 1.73. The lowest BCUT2D eigenvalue weighted by Crippen LogP contribution is -2.12. The number of pyridine rings is 1. The van der Waals surface area contributed by atoms with Gasteiger partial charge in [0.15, 0.2) is 0 Å². The minimum Gasteiger partial charge on any atom is -0.373 e. The molecule has 0 spiro atoms. The second kappa shape index (κ2) is 6.13. The minimum absolute atomic E-state index is 0.103. The van der Waals surface area contributed by atoms with Crippen LogP contribution in [-0.2, 0) is 6.42 Å². The number of rotatable bonds is 5. The van der Waals surface area contributed by atoms with Crippen LogP contribution in [0.4, 0.5) is 11.6 Å². The van der Waals surface area contributed by atoms with E-state index in [1.54, 1.807) is 12.5 Å². The van der Waals surface area contributed by atoms with E-state index in [2.05, 4.69) is 39.4 Å². The van der Waals surface area contributed by atoms with Crippen molar-refractivity contribution in [1.29, 1.82) is 0 Å². The molecule has 2 rings (SSSR count). The molecule has 2 aromatic heterocycles. The van der Waals surface area contributed by atoms with Crippen molar-refractivity contribution in [2.45, 2.75) is 26.3 Å². The van der Waals surface area contributed by atoms with Gasteiger partial charge in [-0.15, -0.1) is 0 Å². The molecule has 0 fully saturated rings. The molecule has 1 atom stereocenters. The first-order valence-electron chi connectivity index (χ1n) is 6.45. The summed E-state index contributed by atoms with van der Waals surface area (Å²) < 4.78 is 0. The first-order valence-corrected chi connectivity index (χ1v) is 6.45. The van der Waals surface area contributed by atoms with Crippen LogP contribution in [0, 0.1) is 0 Å². The Morgan fingerprint density at radius 2 is 1.95 bits per heavy atom. The van der Waals surface area contributed by atoms with Gasteiger partial charge in [0, 0.05) is 18.8 Å². The van der Waals surface area contributed by atoms with Crippen molar-refractivity contribution < 1.29 is 0 Å². The lowest BCUT2D eigenvalue weighted by atomic mass is 10.1. The van der Waals surface area contributed by atoms with Crippen molar-refractivity contribution in [1.82, 2.24) is 15.0 Å². The molecular formula is C14H19N5. The van der Waals surface area contributed by atoms with Gasteiger partial charge in [-0.3, -0.25) is 4.98 Å². The quantitative estimate of drug-likeness (QED) is 0.862. The Bertz CT molecular complexity index is 527. The maximum atomic E-state index is 4.35. The monoisotopic (exact) mass is 257 g/mol. The number of hydrogen-bond acceptors (Lipinski definition) is 5. The highest BCUT2D eigenvalue weighted by Gasteiger charge is 2.12. The lowest BCUT2D eigenvalue weighted by molar-refractivity contribution is 0.824. The van der Waals surface area contributed by atoms with Crippen LogP contribution in [0.5, 0.6) is 0 Å². The predicted octanol–water partition coefficient (Wildman–Crippen LogP) is 2.65. The summed E-state index contributed by atoms with van der Waals surface area (Å²) in [4.78, 5) is 12.9. The highest BCUT2D eigenvalue weighted by molar-refractivity contribution is 5.57. The third kappa shape index (κ3) is 2.99. The second-order valence-electron chi connectivity index (χ2n) is 4.27. The first kappa shape index (κ1) is 13.3. The Morgan fingerprint density at radius 3 is 2.58 bits per heavy atom. The Kier molecular flexibility index (Phi) is 4.28. The number of nitrogens with one attached hydrogen (secondary N) is 2. The third-order valence-electron chi connectivity index (χ3n) is 3.02. The molecule has 0 saturated carbocycles. The summed E-state index contributed by atoms with van der Waals surface area (Å²) in [6.07, 6.45) is 4.24. The van der Waals surface area contributed by atoms with Crippen LogP contribution in [0.1, 0.15) is 31.1 Å². The molecule has 0 aliphatic heterocycles. The molecule has 0 aliphatic carbocycles. The summed E-state index contributed by atoms with van der Waals surface area (Å²) in [7, 11) is 1.87. The van der Waals surface area contributed by atoms with Crippen LogP contribution in [0.2, 0.25) is 0 Å². The predicted molar refractivity (Wildman–Crippen MR) is 77.2 cm³/mol. The summed E-state index contributed by atoms with van der Waals surface area (Å²) in [5, 5.41) is 6.49. The summed E-state index contributed by atoms with van der Waals surface area (Å²) >= 11 is 0. The maximum absolute atomic E-state index is 4.35. The fourth-order valence-corrected chi connectivity index (χ4v) is 2.00. The van der Waals surface area contributed by atoms with Crippen LogP contribution in [0.25, 0.3) is 0 Å². The zero-order valence-electron chi connectivity index (χ0n) is 11.5. The van der Waals surface area contributed by atoms with Crippen molar-refractivity contribution in [3.63, 3.8) is 0 Å². The molecule has 2 heterocycles. The van der Waals surface area contributed by atoms with E-state index >= 15 is 0 Å². The summed E-state index contributed by atoms with van der Waals surface area (Å²) in [5.41, 5.74) is 2.09. The molecule has 2 aromatic rings. The van der Waals surface area contributed by atoms with Gasteiger partial charge < -0.3 is 10.6 Å². The molecule has 19 heavy (non-hydrogen) atoms. The van der Waals surface area contributed by atoms with Gasteiger partial charge in [0.05, 0.1) is 11.7 Å². The maximum Gasteiger partial charge on any atom is 0.135 e. The summed E-state index contributed by atoms with van der Waals surface area (Å²) in [6, 6.07) is 6.01. The zero-order valence-corrected chi connectivity index (χ0v) is 11.5. The van der Waals surface area contributed by atoms with Crippen LogP contribution < -0.4 is 10.6 Å². The molecule has 5 nitrogen and oxygen atoms in total. The van der Waals surface area contributed by atoms with E-state index in [9.17, 15) is 0 Å². The molecule has 0 saturated heterocycles. The van der Waals surface area contributed by atoms with Gasteiger partial charge in [-0.25, -0.2) is 9.97 Å². The molecule has 2 N–H and O–H groups in total. The Morgan fingerprint density at radius 1 is 1.16 bits per heavy atom. The smallest absolute Gasteiger partial charge is 0.135 e. The zero-order chi connectivity index (χ0) is 13.7. The normalized spacial score (nSPS) is 11.9. The largest absolute Gasteiger partial charge is 0.373 e. The third-order valence-corrected chi connectivity index (χ3v) is 3.02. The van der Waals surface area contributed by atoms with E-state index in [1.165, 1.54) is 0 Å². The SMILES string of the molecule is CCc1c(NC)ncnc1NC(C)c1ccccn1. The molecular weight excluding hydrogens is 238 g/mol. The number of nitrogens with zero attached hydrogens (tertiary/aromatic N) is 3. The Labute approximate surface area is 113 Å². The van der Waals surface area contributed by atoms with E-state index in [0.29, 0.717) is 0 Å². The van der Waals surface area contributed by atoms with Gasteiger partial charge in [-0.2, -0.15) is 0 Å². The van der Waals surface area contributed by atoms with Crippen LogP contribution in [0.15, 0.2) is 30.7 Å². The van der Waals surface area contributed by atoms with Gasteiger partial charge in [0.2, 0.25) is 0 Å². The topological polar surface area (TPSA) is 62.7 Å². The van der Waals surface area contributed by atoms with Crippen molar-refractivity contribution >= 4 is 11.6 Å². The van der Waals surface area contributed by atoms with Gasteiger partial charge >= 0.3 is 0 Å². The average Bonchev–Trinajstić information content (AvgIpc) is 2.47. The molecule has 0 amide bonds. The molecule has 0 bridgehead atoms. The number of hydrogen-bond donors (Lipinski definition) is 2. The molecule has 1 unspecified atom stereocenters. The second-order valence-corrected chi connectivity index (χ2v) is 4.27. The van der Waals surface area contributed by atoms with Crippen molar-refractivity contribution in [2.75, 3.05) is 17.7 Å². The molecule has 100 valence electrons. The van der Waals surface area contributed by atoms with E-state index in [0.717, 1.165) is 29.3 Å². The van der Waals surface area contributed by atoms with E-state index < -0.39 is 0 Å². The van der Waals surface area contributed by atoms with Crippen molar-refractivity contribution in [2.24, 2.45) is 0 Å². The fourth-order valence-electron chi connectivity index (χ4n) is 2.00. The van der Waals surface area contributed by atoms with Crippen molar-refractivity contribution in [3.8, 4) is 0 Å². The van der Waals surface area contributed by atoms with Crippen LogP contribution in [0.3, 0.4) is 0 Å². The Balaban J connectivity index is 2.24. The average molecular weight is 257 g/mol. The standard InChI is InChI=1S/C14H19N5/c1-4-11-13(15-3)17-9-18-14(11)19-10(2)12-7-5-6-8-16-12/h5-10H,4H2,1-3H3,(H2,15,17,18,19). The van der Waals surface area contributed by atoms with Crippen molar-refractivity contribution in [3.05, 3.63) is 42.0 Å². The lowest BCUT2D eigenvalue weighted by Gasteiger charge is -2.17. The van der Waals surface area contributed by atoms with E-state index in [4.69, 9.17) is 0 Å². The van der Waals surface area contributed by atoms with Gasteiger partial charge in [0.25, 0.3) is 0 Å². The number of aromatic nitrogens is 3. The van der Waals surface area contributed by atoms with Gasteiger partial charge in [-0.05, 0) is 25.5 Å². The van der Waals surface area contributed by atoms with Crippen LogP contribution in [-0.4, -0.2) is 22.0 Å². The van der Waals surface area contributed by atoms with E-state index in [1.807, 2.05) is 25.2 Å². The number of anilines is 2. The molecule has 0 aliphatic rings. The molecule has 0 aromatic carbocycles. The Hall–Kier alpha value is -2.17. The fraction of sp³-hybridized carbons (Fsp3) is 0.357. The highest BCUT2D eigenvalue weighted by atomic mass is 15.1. The van der Waals surface area contributed by atoms with E-state index in [-0.39, 0.29) is 6.04 Å². The van der Waals surface area contributed by atoms with Gasteiger partial charge in [-0.1, -0.05) is 13.0 Å². The van der Waals surface area contributed by atoms with Gasteiger partial charge in [0.1, 0.15) is 18.0 Å². The summed E-state index contributed by atoms with van der Waals surface area (Å²) in [6.45, 7) is 4.17. The highest BCUT2D eigenvalue weighted by Crippen LogP contribution is 2.23. The molecule has 0 radical (unpaired) electrons.